The third-order valence-electron chi connectivity index (χ3n) is 2.91. The van der Waals surface area contributed by atoms with Crippen molar-refractivity contribution in [2.75, 3.05) is 7.11 Å². The SMILES string of the molecule is COc1ccccc1CC(Cl)c1cccc(Cl)c1F. The maximum Gasteiger partial charge on any atom is 0.146 e. The zero-order valence-electron chi connectivity index (χ0n) is 10.4. The highest BCUT2D eigenvalue weighted by Crippen LogP contribution is 2.32. The highest BCUT2D eigenvalue weighted by Gasteiger charge is 2.17. The molecule has 0 saturated heterocycles. The smallest absolute Gasteiger partial charge is 0.146 e. The molecule has 1 nitrogen and oxygen atoms in total. The molecule has 100 valence electrons. The first kappa shape index (κ1) is 14.2. The van der Waals surface area contributed by atoms with Gasteiger partial charge in [-0.25, -0.2) is 4.39 Å². The lowest BCUT2D eigenvalue weighted by atomic mass is 10.0. The molecular formula is C15H13Cl2FO. The fraction of sp³-hybridized carbons (Fsp3) is 0.200. The quantitative estimate of drug-likeness (QED) is 0.721. The van der Waals surface area contributed by atoms with Crippen molar-refractivity contribution in [3.8, 4) is 5.75 Å². The zero-order chi connectivity index (χ0) is 13.8. The second-order valence-corrected chi connectivity index (χ2v) is 5.06. The molecule has 0 aliphatic carbocycles. The number of ether oxygens (including phenoxy) is 1. The van der Waals surface area contributed by atoms with Gasteiger partial charge in [-0.1, -0.05) is 41.9 Å². The summed E-state index contributed by atoms with van der Waals surface area (Å²) < 4.78 is 19.1. The van der Waals surface area contributed by atoms with Crippen LogP contribution in [-0.4, -0.2) is 7.11 Å². The minimum Gasteiger partial charge on any atom is -0.496 e. The monoisotopic (exact) mass is 298 g/mol. The van der Waals surface area contributed by atoms with Gasteiger partial charge in [-0.15, -0.1) is 11.6 Å². The molecule has 0 aromatic heterocycles. The molecular weight excluding hydrogens is 286 g/mol. The van der Waals surface area contributed by atoms with Gasteiger partial charge in [0.15, 0.2) is 0 Å². The van der Waals surface area contributed by atoms with Crippen LogP contribution in [0.2, 0.25) is 5.02 Å². The van der Waals surface area contributed by atoms with Crippen molar-refractivity contribution in [3.05, 3.63) is 64.4 Å². The molecule has 19 heavy (non-hydrogen) atoms. The number of hydrogen-bond donors (Lipinski definition) is 0. The summed E-state index contributed by atoms with van der Waals surface area (Å²) in [5.41, 5.74) is 1.34. The van der Waals surface area contributed by atoms with Crippen LogP contribution in [0.5, 0.6) is 5.75 Å². The van der Waals surface area contributed by atoms with Gasteiger partial charge >= 0.3 is 0 Å². The van der Waals surface area contributed by atoms with E-state index in [1.807, 2.05) is 24.3 Å². The van der Waals surface area contributed by atoms with Crippen LogP contribution in [0.3, 0.4) is 0 Å². The van der Waals surface area contributed by atoms with Crippen molar-refractivity contribution in [3.63, 3.8) is 0 Å². The Morgan fingerprint density at radius 1 is 1.16 bits per heavy atom. The molecule has 1 unspecified atom stereocenters. The van der Waals surface area contributed by atoms with Crippen molar-refractivity contribution in [1.29, 1.82) is 0 Å². The number of halogens is 3. The molecule has 1 atom stereocenters. The number of methoxy groups -OCH3 is 1. The lowest BCUT2D eigenvalue weighted by molar-refractivity contribution is 0.409. The van der Waals surface area contributed by atoms with Gasteiger partial charge in [0.2, 0.25) is 0 Å². The molecule has 0 amide bonds. The molecule has 0 saturated carbocycles. The predicted molar refractivity (Wildman–Crippen MR) is 76.7 cm³/mol. The van der Waals surface area contributed by atoms with Gasteiger partial charge in [-0.3, -0.25) is 0 Å². The van der Waals surface area contributed by atoms with Gasteiger partial charge in [-0.05, 0) is 24.1 Å². The van der Waals surface area contributed by atoms with Gasteiger partial charge < -0.3 is 4.74 Å². The van der Waals surface area contributed by atoms with E-state index in [-0.39, 0.29) is 5.02 Å². The van der Waals surface area contributed by atoms with E-state index >= 15 is 0 Å². The summed E-state index contributed by atoms with van der Waals surface area (Å²) in [4.78, 5) is 0. The van der Waals surface area contributed by atoms with Crippen molar-refractivity contribution in [2.45, 2.75) is 11.8 Å². The normalized spacial score (nSPS) is 12.2. The molecule has 0 fully saturated rings. The van der Waals surface area contributed by atoms with E-state index in [0.717, 1.165) is 11.3 Å². The standard InChI is InChI=1S/C15H13Cl2FO/c1-19-14-8-3-2-5-10(14)9-13(17)11-6-4-7-12(16)15(11)18/h2-8,13H,9H2,1H3. The van der Waals surface area contributed by atoms with Gasteiger partial charge in [0, 0.05) is 5.56 Å². The van der Waals surface area contributed by atoms with Crippen LogP contribution in [0.1, 0.15) is 16.5 Å². The van der Waals surface area contributed by atoms with Crippen molar-refractivity contribution in [1.82, 2.24) is 0 Å². The Kier molecular flexibility index (Phi) is 4.67. The van der Waals surface area contributed by atoms with Gasteiger partial charge in [-0.2, -0.15) is 0 Å². The lowest BCUT2D eigenvalue weighted by Gasteiger charge is -2.14. The molecule has 2 aromatic carbocycles. The Balaban J connectivity index is 2.26. The first-order valence-corrected chi connectivity index (χ1v) is 6.64. The second kappa shape index (κ2) is 6.27. The van der Waals surface area contributed by atoms with Crippen LogP contribution in [0, 0.1) is 5.82 Å². The maximum atomic E-state index is 13.9. The minimum absolute atomic E-state index is 0.0863. The summed E-state index contributed by atoms with van der Waals surface area (Å²) in [6.07, 6.45) is 0.475. The van der Waals surface area contributed by atoms with Gasteiger partial charge in [0.05, 0.1) is 17.5 Å². The molecule has 0 radical (unpaired) electrons. The van der Waals surface area contributed by atoms with E-state index in [1.165, 1.54) is 6.07 Å². The van der Waals surface area contributed by atoms with Gasteiger partial charge in [0.25, 0.3) is 0 Å². The van der Waals surface area contributed by atoms with Crippen molar-refractivity contribution in [2.24, 2.45) is 0 Å². The first-order chi connectivity index (χ1) is 9.13. The summed E-state index contributed by atoms with van der Waals surface area (Å²) in [7, 11) is 1.60. The summed E-state index contributed by atoms with van der Waals surface area (Å²) in [5.74, 6) is 0.287. The Hall–Kier alpha value is -1.25. The number of benzene rings is 2. The summed E-state index contributed by atoms with van der Waals surface area (Å²) in [6, 6.07) is 12.4. The van der Waals surface area contributed by atoms with Gasteiger partial charge in [0.1, 0.15) is 11.6 Å². The summed E-state index contributed by atoms with van der Waals surface area (Å²) in [5, 5.41) is -0.404. The average Bonchev–Trinajstić information content (AvgIpc) is 2.42. The Morgan fingerprint density at radius 3 is 2.63 bits per heavy atom. The topological polar surface area (TPSA) is 9.23 Å². The zero-order valence-corrected chi connectivity index (χ0v) is 11.9. The number of rotatable bonds is 4. The van der Waals surface area contributed by atoms with Crippen molar-refractivity contribution < 1.29 is 9.13 Å². The Labute approximate surface area is 121 Å². The fourth-order valence-electron chi connectivity index (χ4n) is 1.94. The molecule has 2 rings (SSSR count). The van der Waals surface area contributed by atoms with Crippen LogP contribution < -0.4 is 4.74 Å². The first-order valence-electron chi connectivity index (χ1n) is 5.83. The largest absolute Gasteiger partial charge is 0.496 e. The Bertz CT molecular complexity index is 572. The van der Waals surface area contributed by atoms with E-state index in [4.69, 9.17) is 27.9 Å². The summed E-state index contributed by atoms with van der Waals surface area (Å²) in [6.45, 7) is 0. The molecule has 0 aliphatic rings. The average molecular weight is 299 g/mol. The molecule has 4 heteroatoms. The number of para-hydroxylation sites is 1. The number of hydrogen-bond acceptors (Lipinski definition) is 1. The van der Waals surface area contributed by atoms with E-state index in [2.05, 4.69) is 0 Å². The fourth-order valence-corrected chi connectivity index (χ4v) is 2.45. The lowest BCUT2D eigenvalue weighted by Crippen LogP contribution is -2.01. The van der Waals surface area contributed by atoms with E-state index in [0.29, 0.717) is 12.0 Å². The van der Waals surface area contributed by atoms with E-state index in [1.54, 1.807) is 19.2 Å². The predicted octanol–water partition coefficient (Wildman–Crippen LogP) is 5.01. The van der Waals surface area contributed by atoms with Crippen LogP contribution in [0.4, 0.5) is 4.39 Å². The highest BCUT2D eigenvalue weighted by molar-refractivity contribution is 6.31. The van der Waals surface area contributed by atoms with Crippen LogP contribution in [-0.2, 0) is 6.42 Å². The highest BCUT2D eigenvalue weighted by atomic mass is 35.5. The maximum absolute atomic E-state index is 13.9. The third-order valence-corrected chi connectivity index (χ3v) is 3.59. The molecule has 2 aromatic rings. The van der Waals surface area contributed by atoms with E-state index in [9.17, 15) is 4.39 Å². The summed E-state index contributed by atoms with van der Waals surface area (Å²) >= 11 is 12.1. The second-order valence-electron chi connectivity index (χ2n) is 4.13. The van der Waals surface area contributed by atoms with E-state index < -0.39 is 11.2 Å². The minimum atomic E-state index is -0.491. The number of alkyl halides is 1. The molecule has 0 bridgehead atoms. The van der Waals surface area contributed by atoms with Crippen LogP contribution in [0.15, 0.2) is 42.5 Å². The Morgan fingerprint density at radius 2 is 1.89 bits per heavy atom. The third kappa shape index (κ3) is 3.20. The molecule has 0 N–H and O–H groups in total. The molecule has 0 heterocycles. The van der Waals surface area contributed by atoms with Crippen LogP contribution in [0.25, 0.3) is 0 Å². The van der Waals surface area contributed by atoms with Crippen LogP contribution >= 0.6 is 23.2 Å². The van der Waals surface area contributed by atoms with Crippen molar-refractivity contribution >= 4 is 23.2 Å². The molecule has 0 aliphatic heterocycles. The molecule has 0 spiro atoms.